The van der Waals surface area contributed by atoms with Crippen LogP contribution in [0.2, 0.25) is 0 Å². The lowest BCUT2D eigenvalue weighted by Gasteiger charge is -2.12. The van der Waals surface area contributed by atoms with Crippen molar-refractivity contribution < 1.29 is 24.2 Å². The molecule has 2 aromatic rings. The average molecular weight is 356 g/mol. The zero-order valence-electron chi connectivity index (χ0n) is 14.5. The summed E-state index contributed by atoms with van der Waals surface area (Å²) in [6.45, 7) is 1.55. The maximum absolute atomic E-state index is 12.3. The number of carboxylic acids is 1. The molecule has 0 heterocycles. The topological polar surface area (TPSA) is 119 Å². The second-order valence-electron chi connectivity index (χ2n) is 5.85. The Morgan fingerprint density at radius 1 is 1.12 bits per heavy atom. The Hall–Kier alpha value is -3.35. The molecule has 0 bridgehead atoms. The molecule has 0 aromatic heterocycles. The summed E-state index contributed by atoms with van der Waals surface area (Å²) < 4.78 is 5.04. The van der Waals surface area contributed by atoms with Gasteiger partial charge in [-0.15, -0.1) is 0 Å². The van der Waals surface area contributed by atoms with Crippen LogP contribution in [0.15, 0.2) is 42.5 Å². The molecule has 0 fully saturated rings. The maximum Gasteiger partial charge on any atom is 0.304 e. The van der Waals surface area contributed by atoms with Crippen LogP contribution in [0.3, 0.4) is 0 Å². The Kier molecular flexibility index (Phi) is 5.95. The van der Waals surface area contributed by atoms with Crippen LogP contribution in [-0.2, 0) is 4.79 Å². The van der Waals surface area contributed by atoms with E-state index in [1.165, 1.54) is 25.3 Å². The van der Waals surface area contributed by atoms with E-state index in [0.29, 0.717) is 22.6 Å². The number of nitrogens with one attached hydrogen (secondary N) is 1. The number of hydrogen-bond acceptors (Lipinski definition) is 5. The first-order chi connectivity index (χ1) is 12.3. The first-order valence-corrected chi connectivity index (χ1v) is 7.92. The SMILES string of the molecule is COc1ccc(C(=O)Nc2ccc(C(=O)C(C)CC(=O)O)cc2N)cc1. The highest BCUT2D eigenvalue weighted by Crippen LogP contribution is 2.23. The first kappa shape index (κ1) is 19.0. The lowest BCUT2D eigenvalue weighted by Crippen LogP contribution is -2.17. The number of nitrogen functional groups attached to an aromatic ring is 1. The molecule has 4 N–H and O–H groups in total. The number of aliphatic carboxylic acids is 1. The average Bonchev–Trinajstić information content (AvgIpc) is 2.62. The van der Waals surface area contributed by atoms with Crippen molar-refractivity contribution in [3.63, 3.8) is 0 Å². The number of Topliss-reactive ketones (excluding diaryl/α,β-unsaturated/α-hetero) is 1. The zero-order valence-corrected chi connectivity index (χ0v) is 14.5. The van der Waals surface area contributed by atoms with Gasteiger partial charge in [0.05, 0.1) is 24.9 Å². The Morgan fingerprint density at radius 3 is 2.27 bits per heavy atom. The number of carbonyl (C=O) groups excluding carboxylic acids is 2. The van der Waals surface area contributed by atoms with Gasteiger partial charge in [-0.3, -0.25) is 14.4 Å². The van der Waals surface area contributed by atoms with Crippen molar-refractivity contribution in [2.75, 3.05) is 18.2 Å². The first-order valence-electron chi connectivity index (χ1n) is 7.92. The van der Waals surface area contributed by atoms with Crippen LogP contribution < -0.4 is 15.8 Å². The van der Waals surface area contributed by atoms with Crippen LogP contribution in [-0.4, -0.2) is 29.9 Å². The molecule has 7 heteroatoms. The highest BCUT2D eigenvalue weighted by atomic mass is 16.5. The second kappa shape index (κ2) is 8.15. The minimum atomic E-state index is -1.04. The normalized spacial score (nSPS) is 11.5. The van der Waals surface area contributed by atoms with E-state index < -0.39 is 11.9 Å². The number of carboxylic acid groups (broad SMARTS) is 1. The maximum atomic E-state index is 12.3. The molecule has 7 nitrogen and oxygen atoms in total. The summed E-state index contributed by atoms with van der Waals surface area (Å²) in [6, 6.07) is 11.1. The number of methoxy groups -OCH3 is 1. The number of benzene rings is 2. The standard InChI is InChI=1S/C19H20N2O5/c1-11(9-17(22)23)18(24)13-5-8-16(15(20)10-13)21-19(25)12-3-6-14(26-2)7-4-12/h3-8,10-11H,9,20H2,1-2H3,(H,21,25)(H,22,23). The fraction of sp³-hybridized carbons (Fsp3) is 0.211. The second-order valence-corrected chi connectivity index (χ2v) is 5.85. The van der Waals surface area contributed by atoms with Crippen molar-refractivity contribution in [2.45, 2.75) is 13.3 Å². The summed E-state index contributed by atoms with van der Waals surface area (Å²) in [7, 11) is 1.54. The molecule has 0 aliphatic heterocycles. The molecule has 0 saturated heterocycles. The molecule has 1 amide bonds. The molecule has 0 aliphatic carbocycles. The van der Waals surface area contributed by atoms with Gasteiger partial charge < -0.3 is 20.9 Å². The molecule has 0 radical (unpaired) electrons. The van der Waals surface area contributed by atoms with Crippen molar-refractivity contribution in [3.8, 4) is 5.75 Å². The summed E-state index contributed by atoms with van der Waals surface area (Å²) in [5.41, 5.74) is 7.26. The smallest absolute Gasteiger partial charge is 0.304 e. The molecule has 1 unspecified atom stereocenters. The Bertz CT molecular complexity index is 830. The summed E-state index contributed by atoms with van der Waals surface area (Å²) in [4.78, 5) is 35.2. The van der Waals surface area contributed by atoms with E-state index in [2.05, 4.69) is 5.32 Å². The highest BCUT2D eigenvalue weighted by Gasteiger charge is 2.19. The molecule has 0 spiro atoms. The van der Waals surface area contributed by atoms with Crippen LogP contribution in [0, 0.1) is 5.92 Å². The predicted molar refractivity (Wildman–Crippen MR) is 97.5 cm³/mol. The predicted octanol–water partition coefficient (Wildman–Crippen LogP) is 2.82. The van der Waals surface area contributed by atoms with Crippen LogP contribution >= 0.6 is 0 Å². The highest BCUT2D eigenvalue weighted by molar-refractivity contribution is 6.07. The molecule has 0 aliphatic rings. The van der Waals surface area contributed by atoms with Crippen molar-refractivity contribution in [1.29, 1.82) is 0 Å². The van der Waals surface area contributed by atoms with Crippen molar-refractivity contribution in [2.24, 2.45) is 5.92 Å². The van der Waals surface area contributed by atoms with Gasteiger partial charge in [0, 0.05) is 17.0 Å². The molecule has 0 saturated carbocycles. The van der Waals surface area contributed by atoms with E-state index >= 15 is 0 Å². The van der Waals surface area contributed by atoms with Gasteiger partial charge in [-0.05, 0) is 42.5 Å². The number of hydrogen-bond donors (Lipinski definition) is 3. The molecule has 1 atom stereocenters. The molecule has 136 valence electrons. The number of ketones is 1. The number of nitrogens with two attached hydrogens (primary N) is 1. The quantitative estimate of drug-likeness (QED) is 0.518. The fourth-order valence-corrected chi connectivity index (χ4v) is 2.41. The van der Waals surface area contributed by atoms with Gasteiger partial charge >= 0.3 is 5.97 Å². The van der Waals surface area contributed by atoms with Crippen molar-refractivity contribution in [3.05, 3.63) is 53.6 Å². The van der Waals surface area contributed by atoms with Crippen molar-refractivity contribution >= 4 is 29.0 Å². The van der Waals surface area contributed by atoms with Gasteiger partial charge in [-0.1, -0.05) is 6.92 Å². The molecular weight excluding hydrogens is 336 g/mol. The number of carbonyl (C=O) groups is 3. The minimum absolute atomic E-state index is 0.222. The van der Waals surface area contributed by atoms with Crippen LogP contribution in [0.1, 0.15) is 34.1 Å². The van der Waals surface area contributed by atoms with E-state index in [1.807, 2.05) is 0 Å². The summed E-state index contributed by atoms with van der Waals surface area (Å²) >= 11 is 0. The monoisotopic (exact) mass is 356 g/mol. The van der Waals surface area contributed by atoms with Gasteiger partial charge in [0.15, 0.2) is 5.78 Å². The summed E-state index contributed by atoms with van der Waals surface area (Å²) in [5, 5.41) is 11.5. The third-order valence-corrected chi connectivity index (χ3v) is 3.86. The van der Waals surface area contributed by atoms with Gasteiger partial charge in [0.25, 0.3) is 5.91 Å². The van der Waals surface area contributed by atoms with E-state index in [1.54, 1.807) is 31.2 Å². The van der Waals surface area contributed by atoms with Gasteiger partial charge in [0.2, 0.25) is 0 Å². The molecular formula is C19H20N2O5. The van der Waals surface area contributed by atoms with Gasteiger partial charge in [-0.2, -0.15) is 0 Å². The van der Waals surface area contributed by atoms with Crippen molar-refractivity contribution in [1.82, 2.24) is 0 Å². The molecule has 26 heavy (non-hydrogen) atoms. The minimum Gasteiger partial charge on any atom is -0.497 e. The largest absolute Gasteiger partial charge is 0.497 e. The summed E-state index contributed by atoms with van der Waals surface area (Å²) in [5.74, 6) is -1.72. The van der Waals surface area contributed by atoms with Crippen LogP contribution in [0.25, 0.3) is 0 Å². The Labute approximate surface area is 150 Å². The number of amides is 1. The number of anilines is 2. The molecule has 2 aromatic carbocycles. The third-order valence-electron chi connectivity index (χ3n) is 3.86. The van der Waals surface area contributed by atoms with Crippen LogP contribution in [0.4, 0.5) is 11.4 Å². The lowest BCUT2D eigenvalue weighted by atomic mass is 9.96. The Morgan fingerprint density at radius 2 is 1.73 bits per heavy atom. The van der Waals surface area contributed by atoms with E-state index in [0.717, 1.165) is 0 Å². The van der Waals surface area contributed by atoms with E-state index in [9.17, 15) is 14.4 Å². The van der Waals surface area contributed by atoms with E-state index in [4.69, 9.17) is 15.6 Å². The number of rotatable bonds is 7. The summed E-state index contributed by atoms with van der Waals surface area (Å²) in [6.07, 6.45) is -0.255. The fourth-order valence-electron chi connectivity index (χ4n) is 2.41. The third kappa shape index (κ3) is 4.60. The van der Waals surface area contributed by atoms with E-state index in [-0.39, 0.29) is 23.8 Å². The van der Waals surface area contributed by atoms with Gasteiger partial charge in [-0.25, -0.2) is 0 Å². The van der Waals surface area contributed by atoms with Crippen LogP contribution in [0.5, 0.6) is 5.75 Å². The lowest BCUT2D eigenvalue weighted by molar-refractivity contribution is -0.137. The zero-order chi connectivity index (χ0) is 19.3. The number of ether oxygens (including phenoxy) is 1. The Balaban J connectivity index is 2.12. The van der Waals surface area contributed by atoms with Gasteiger partial charge in [0.1, 0.15) is 5.75 Å². The molecule has 2 rings (SSSR count).